The van der Waals surface area contributed by atoms with Crippen molar-refractivity contribution in [2.24, 2.45) is 5.73 Å². The molecule has 0 radical (unpaired) electrons. The van der Waals surface area contributed by atoms with Crippen LogP contribution in [0, 0.1) is 6.92 Å². The van der Waals surface area contributed by atoms with Crippen LogP contribution in [0.25, 0.3) is 0 Å². The van der Waals surface area contributed by atoms with Crippen molar-refractivity contribution in [3.63, 3.8) is 0 Å². The highest BCUT2D eigenvalue weighted by Crippen LogP contribution is 2.20. The normalized spacial score (nSPS) is 11.9. The van der Waals surface area contributed by atoms with Crippen LogP contribution in [-0.4, -0.2) is 29.6 Å². The minimum atomic E-state index is -0.934. The Balaban J connectivity index is 3.01. The molecule has 3 N–H and O–H groups in total. The van der Waals surface area contributed by atoms with Gasteiger partial charge in [0.1, 0.15) is 0 Å². The SMILES string of the molecule is CC[C@H](N)C(=O)N(CCC(=O)O)c1ccccc1C. The maximum absolute atomic E-state index is 12.2. The number of nitrogens with zero attached hydrogens (tertiary/aromatic N) is 1. The van der Waals surface area contributed by atoms with Gasteiger partial charge in [0, 0.05) is 12.2 Å². The number of aliphatic carboxylic acids is 1. The summed E-state index contributed by atoms with van der Waals surface area (Å²) in [7, 11) is 0. The highest BCUT2D eigenvalue weighted by molar-refractivity contribution is 5.98. The number of benzene rings is 1. The topological polar surface area (TPSA) is 83.6 Å². The van der Waals surface area contributed by atoms with E-state index in [1.54, 1.807) is 6.07 Å². The van der Waals surface area contributed by atoms with Crippen molar-refractivity contribution in [1.82, 2.24) is 0 Å². The van der Waals surface area contributed by atoms with Crippen LogP contribution < -0.4 is 10.6 Å². The molecule has 5 heteroatoms. The zero-order valence-corrected chi connectivity index (χ0v) is 11.3. The number of carboxylic acid groups (broad SMARTS) is 1. The van der Waals surface area contributed by atoms with Crippen LogP contribution in [0.1, 0.15) is 25.3 Å². The lowest BCUT2D eigenvalue weighted by Gasteiger charge is -2.26. The van der Waals surface area contributed by atoms with Crippen LogP contribution in [0.5, 0.6) is 0 Å². The van der Waals surface area contributed by atoms with E-state index in [9.17, 15) is 9.59 Å². The van der Waals surface area contributed by atoms with Gasteiger partial charge in [-0.25, -0.2) is 0 Å². The van der Waals surface area contributed by atoms with E-state index in [1.165, 1.54) is 4.90 Å². The molecule has 19 heavy (non-hydrogen) atoms. The Morgan fingerprint density at radius 2 is 2.00 bits per heavy atom. The maximum Gasteiger partial charge on any atom is 0.305 e. The van der Waals surface area contributed by atoms with Crippen molar-refractivity contribution in [2.45, 2.75) is 32.7 Å². The molecule has 0 aromatic heterocycles. The van der Waals surface area contributed by atoms with Crippen molar-refractivity contribution < 1.29 is 14.7 Å². The van der Waals surface area contributed by atoms with E-state index in [0.29, 0.717) is 6.42 Å². The number of carboxylic acids is 1. The van der Waals surface area contributed by atoms with Crippen molar-refractivity contribution in [3.05, 3.63) is 29.8 Å². The summed E-state index contributed by atoms with van der Waals surface area (Å²) < 4.78 is 0. The smallest absolute Gasteiger partial charge is 0.305 e. The average molecular weight is 264 g/mol. The molecule has 1 aromatic rings. The number of anilines is 1. The van der Waals surface area contributed by atoms with Gasteiger partial charge in [0.15, 0.2) is 0 Å². The molecule has 0 saturated carbocycles. The molecule has 5 nitrogen and oxygen atoms in total. The fraction of sp³-hybridized carbons (Fsp3) is 0.429. The number of amides is 1. The number of carbonyl (C=O) groups is 2. The van der Waals surface area contributed by atoms with Gasteiger partial charge in [0.25, 0.3) is 0 Å². The first-order valence-corrected chi connectivity index (χ1v) is 6.31. The van der Waals surface area contributed by atoms with Gasteiger partial charge in [-0.05, 0) is 25.0 Å². The van der Waals surface area contributed by atoms with Crippen molar-refractivity contribution >= 4 is 17.6 Å². The molecule has 1 amide bonds. The lowest BCUT2D eigenvalue weighted by Crippen LogP contribution is -2.44. The largest absolute Gasteiger partial charge is 0.481 e. The van der Waals surface area contributed by atoms with Crippen molar-refractivity contribution in [1.29, 1.82) is 0 Å². The van der Waals surface area contributed by atoms with Crippen LogP contribution in [0.4, 0.5) is 5.69 Å². The van der Waals surface area contributed by atoms with Crippen molar-refractivity contribution in [3.8, 4) is 0 Å². The van der Waals surface area contributed by atoms with E-state index in [4.69, 9.17) is 10.8 Å². The summed E-state index contributed by atoms with van der Waals surface area (Å²) in [4.78, 5) is 24.4. The van der Waals surface area contributed by atoms with E-state index in [1.807, 2.05) is 32.0 Å². The molecule has 0 heterocycles. The number of hydrogen-bond donors (Lipinski definition) is 2. The van der Waals surface area contributed by atoms with Gasteiger partial charge in [0.05, 0.1) is 12.5 Å². The molecular formula is C14H20N2O3. The summed E-state index contributed by atoms with van der Waals surface area (Å²) in [5.41, 5.74) is 7.41. The maximum atomic E-state index is 12.2. The summed E-state index contributed by atoms with van der Waals surface area (Å²) in [5, 5.41) is 8.79. The van der Waals surface area contributed by atoms with Crippen LogP contribution in [0.15, 0.2) is 24.3 Å². The third kappa shape index (κ3) is 4.06. The number of aryl methyl sites for hydroxylation is 1. The van der Waals surface area contributed by atoms with Gasteiger partial charge in [-0.2, -0.15) is 0 Å². The Kier molecular flexibility index (Phi) is 5.51. The molecule has 0 unspecified atom stereocenters. The second-order valence-electron chi connectivity index (χ2n) is 4.43. The summed E-state index contributed by atoms with van der Waals surface area (Å²) in [6.45, 7) is 3.84. The molecule has 0 aliphatic rings. The third-order valence-corrected chi connectivity index (χ3v) is 2.98. The zero-order chi connectivity index (χ0) is 14.4. The van der Waals surface area contributed by atoms with E-state index in [2.05, 4.69) is 0 Å². The highest BCUT2D eigenvalue weighted by atomic mass is 16.4. The monoisotopic (exact) mass is 264 g/mol. The number of carbonyl (C=O) groups excluding carboxylic acids is 1. The summed E-state index contributed by atoms with van der Waals surface area (Å²) in [6, 6.07) is 6.78. The minimum absolute atomic E-state index is 0.101. The molecule has 0 spiro atoms. The highest BCUT2D eigenvalue weighted by Gasteiger charge is 2.22. The lowest BCUT2D eigenvalue weighted by molar-refractivity contribution is -0.136. The molecule has 0 bridgehead atoms. The fourth-order valence-electron chi connectivity index (χ4n) is 1.80. The first kappa shape index (κ1) is 15.2. The second-order valence-corrected chi connectivity index (χ2v) is 4.43. The van der Waals surface area contributed by atoms with Gasteiger partial charge in [0.2, 0.25) is 5.91 Å². The van der Waals surface area contributed by atoms with Crippen LogP contribution in [0.2, 0.25) is 0 Å². The Hall–Kier alpha value is -1.88. The van der Waals surface area contributed by atoms with Crippen LogP contribution >= 0.6 is 0 Å². The summed E-state index contributed by atoms with van der Waals surface area (Å²) >= 11 is 0. The van der Waals surface area contributed by atoms with E-state index in [-0.39, 0.29) is 18.9 Å². The standard InChI is InChI=1S/C14H20N2O3/c1-3-11(15)14(19)16(9-8-13(17)18)12-7-5-4-6-10(12)2/h4-7,11H,3,8-9,15H2,1-2H3,(H,17,18)/t11-/m0/s1. The lowest BCUT2D eigenvalue weighted by atomic mass is 10.1. The predicted molar refractivity (Wildman–Crippen MR) is 74.1 cm³/mol. The Morgan fingerprint density at radius 1 is 1.37 bits per heavy atom. The molecule has 1 atom stereocenters. The Morgan fingerprint density at radius 3 is 2.53 bits per heavy atom. The van der Waals surface area contributed by atoms with E-state index >= 15 is 0 Å². The molecule has 0 fully saturated rings. The molecular weight excluding hydrogens is 244 g/mol. The van der Waals surface area contributed by atoms with Crippen LogP contribution in [0.3, 0.4) is 0 Å². The number of nitrogens with two attached hydrogens (primary N) is 1. The first-order valence-electron chi connectivity index (χ1n) is 6.31. The zero-order valence-electron chi connectivity index (χ0n) is 11.3. The Labute approximate surface area is 113 Å². The number of para-hydroxylation sites is 1. The predicted octanol–water partition coefficient (Wildman–Crippen LogP) is 1.54. The van der Waals surface area contributed by atoms with Crippen molar-refractivity contribution in [2.75, 3.05) is 11.4 Å². The van der Waals surface area contributed by atoms with Gasteiger partial charge < -0.3 is 15.7 Å². The molecule has 0 aliphatic carbocycles. The first-order chi connectivity index (χ1) is 8.97. The molecule has 0 aliphatic heterocycles. The average Bonchev–Trinajstić information content (AvgIpc) is 2.39. The van der Waals surface area contributed by atoms with Gasteiger partial charge in [-0.3, -0.25) is 9.59 Å². The van der Waals surface area contributed by atoms with E-state index < -0.39 is 12.0 Å². The molecule has 1 aromatic carbocycles. The Bertz CT molecular complexity index is 460. The van der Waals surface area contributed by atoms with Gasteiger partial charge >= 0.3 is 5.97 Å². The van der Waals surface area contributed by atoms with Crippen LogP contribution in [-0.2, 0) is 9.59 Å². The van der Waals surface area contributed by atoms with Gasteiger partial charge in [-0.15, -0.1) is 0 Å². The summed E-state index contributed by atoms with van der Waals surface area (Å²) in [5.74, 6) is -1.17. The fourth-order valence-corrected chi connectivity index (χ4v) is 1.80. The number of rotatable bonds is 6. The molecule has 1 rings (SSSR count). The summed E-state index contributed by atoms with van der Waals surface area (Å²) in [6.07, 6.45) is 0.421. The second kappa shape index (κ2) is 6.89. The molecule has 104 valence electrons. The van der Waals surface area contributed by atoms with E-state index in [0.717, 1.165) is 11.3 Å². The third-order valence-electron chi connectivity index (χ3n) is 2.98. The quantitative estimate of drug-likeness (QED) is 0.816. The van der Waals surface area contributed by atoms with Gasteiger partial charge in [-0.1, -0.05) is 25.1 Å². The minimum Gasteiger partial charge on any atom is -0.481 e. The molecule has 0 saturated heterocycles. The number of hydrogen-bond acceptors (Lipinski definition) is 3.